The van der Waals surface area contributed by atoms with E-state index in [1.807, 2.05) is 42.5 Å². The molecule has 1 saturated heterocycles. The Balaban J connectivity index is 1.45. The smallest absolute Gasteiger partial charge is 0.264 e. The third kappa shape index (κ3) is 4.64. The zero-order valence-corrected chi connectivity index (χ0v) is 22.9. The van der Waals surface area contributed by atoms with Crippen molar-refractivity contribution < 1.29 is 16.8 Å². The molecule has 0 aliphatic carbocycles. The monoisotopic (exact) mass is 559 g/mol. The van der Waals surface area contributed by atoms with Gasteiger partial charge in [0.1, 0.15) is 0 Å². The van der Waals surface area contributed by atoms with Crippen LogP contribution >= 0.6 is 0 Å². The number of rotatable bonds is 6. The number of fused-ring (bicyclic) bond motifs is 2. The minimum atomic E-state index is -3.86. The first kappa shape index (κ1) is 25.7. The van der Waals surface area contributed by atoms with Crippen molar-refractivity contribution in [3.8, 4) is 0 Å². The molecule has 2 atom stereocenters. The third-order valence-corrected chi connectivity index (χ3v) is 11.3. The normalized spacial score (nSPS) is 21.6. The van der Waals surface area contributed by atoms with Crippen LogP contribution in [0.3, 0.4) is 0 Å². The maximum atomic E-state index is 13.9. The first-order valence-corrected chi connectivity index (χ1v) is 15.8. The molecular weight excluding hydrogens is 530 g/mol. The molecule has 9 heteroatoms. The van der Waals surface area contributed by atoms with Crippen LogP contribution < -0.4 is 4.31 Å². The van der Waals surface area contributed by atoms with Crippen LogP contribution in [0.4, 0.5) is 5.69 Å². The van der Waals surface area contributed by atoms with Crippen molar-refractivity contribution in [2.24, 2.45) is 5.92 Å². The van der Waals surface area contributed by atoms with E-state index in [-0.39, 0.29) is 28.8 Å². The highest BCUT2D eigenvalue weighted by Gasteiger charge is 2.52. The Morgan fingerprint density at radius 1 is 0.718 bits per heavy atom. The van der Waals surface area contributed by atoms with Gasteiger partial charge in [-0.1, -0.05) is 60.7 Å². The highest BCUT2D eigenvalue weighted by Crippen LogP contribution is 2.50. The number of nitrogens with zero attached hydrogens (tertiary/aromatic N) is 3. The number of benzene rings is 3. The van der Waals surface area contributed by atoms with Gasteiger partial charge in [-0.15, -0.1) is 0 Å². The lowest BCUT2D eigenvalue weighted by Gasteiger charge is -2.44. The molecule has 39 heavy (non-hydrogen) atoms. The lowest BCUT2D eigenvalue weighted by molar-refractivity contribution is 0.174. The van der Waals surface area contributed by atoms with E-state index < -0.39 is 25.5 Å². The summed E-state index contributed by atoms with van der Waals surface area (Å²) in [5.41, 5.74) is 1.65. The number of piperidine rings is 1. The third-order valence-electron chi connectivity index (χ3n) is 7.75. The lowest BCUT2D eigenvalue weighted by Crippen LogP contribution is -2.54. The molecule has 0 N–H and O–H groups in total. The van der Waals surface area contributed by atoms with E-state index in [2.05, 4.69) is 4.98 Å². The Morgan fingerprint density at radius 2 is 1.33 bits per heavy atom. The summed E-state index contributed by atoms with van der Waals surface area (Å²) in [4.78, 5) is 4.95. The second-order valence-electron chi connectivity index (χ2n) is 10.3. The van der Waals surface area contributed by atoms with E-state index in [0.29, 0.717) is 25.1 Å². The Hall–Kier alpha value is -3.53. The molecule has 1 spiro atoms. The minimum absolute atomic E-state index is 0.0560. The Morgan fingerprint density at radius 3 is 2.00 bits per heavy atom. The number of pyridine rings is 1. The first-order chi connectivity index (χ1) is 18.8. The Labute approximate surface area is 229 Å². The molecule has 7 nitrogen and oxygen atoms in total. The van der Waals surface area contributed by atoms with Crippen LogP contribution in [0.25, 0.3) is 0 Å². The molecule has 200 valence electrons. The van der Waals surface area contributed by atoms with Gasteiger partial charge in [-0.05, 0) is 66.8 Å². The predicted octanol–water partition coefficient (Wildman–Crippen LogP) is 4.48. The lowest BCUT2D eigenvalue weighted by atomic mass is 9.71. The number of hydrogen-bond donors (Lipinski definition) is 0. The fourth-order valence-electron chi connectivity index (χ4n) is 6.08. The molecule has 1 aromatic heterocycles. The summed E-state index contributed by atoms with van der Waals surface area (Å²) in [7, 11) is -7.67. The second kappa shape index (κ2) is 9.89. The zero-order valence-electron chi connectivity index (χ0n) is 21.3. The highest BCUT2D eigenvalue weighted by molar-refractivity contribution is 7.92. The topological polar surface area (TPSA) is 87.7 Å². The molecule has 4 aromatic rings. The van der Waals surface area contributed by atoms with Crippen molar-refractivity contribution in [2.45, 2.75) is 28.0 Å². The summed E-state index contributed by atoms with van der Waals surface area (Å²) in [5, 5.41) is 0. The van der Waals surface area contributed by atoms with Gasteiger partial charge in [0.2, 0.25) is 10.0 Å². The number of sulfonamides is 2. The molecule has 0 amide bonds. The van der Waals surface area contributed by atoms with Crippen LogP contribution in [0.5, 0.6) is 0 Å². The molecule has 2 aliphatic heterocycles. The van der Waals surface area contributed by atoms with Crippen molar-refractivity contribution in [2.75, 3.05) is 23.9 Å². The van der Waals surface area contributed by atoms with Gasteiger partial charge < -0.3 is 0 Å². The molecular formula is C30H29N3O4S2. The van der Waals surface area contributed by atoms with Crippen LogP contribution in [0, 0.1) is 5.92 Å². The molecule has 0 radical (unpaired) electrons. The number of hydrogen-bond acceptors (Lipinski definition) is 5. The van der Waals surface area contributed by atoms with E-state index in [1.165, 1.54) is 4.31 Å². The SMILES string of the molecule is O=S(=O)(c1ccccc1)N1CC(Cc2ccccn2)C[C@@]2(C1)CN(S(=O)(=O)c1ccccc1)c1ccccc12. The van der Waals surface area contributed by atoms with Gasteiger partial charge in [0.05, 0.1) is 15.5 Å². The summed E-state index contributed by atoms with van der Waals surface area (Å²) < 4.78 is 58.6. The second-order valence-corrected chi connectivity index (χ2v) is 14.1. The summed E-state index contributed by atoms with van der Waals surface area (Å²) in [6, 6.07) is 30.1. The summed E-state index contributed by atoms with van der Waals surface area (Å²) >= 11 is 0. The van der Waals surface area contributed by atoms with Crippen LogP contribution in [-0.2, 0) is 31.9 Å². The van der Waals surface area contributed by atoms with Gasteiger partial charge in [-0.25, -0.2) is 16.8 Å². The van der Waals surface area contributed by atoms with Crippen LogP contribution in [-0.4, -0.2) is 45.8 Å². The summed E-state index contributed by atoms with van der Waals surface area (Å²) in [6.07, 6.45) is 2.98. The maximum Gasteiger partial charge on any atom is 0.264 e. The van der Waals surface area contributed by atoms with Gasteiger partial charge >= 0.3 is 0 Å². The van der Waals surface area contributed by atoms with E-state index in [0.717, 1.165) is 11.3 Å². The zero-order chi connectivity index (χ0) is 27.1. The Bertz CT molecular complexity index is 1680. The number of aromatic nitrogens is 1. The fourth-order valence-corrected chi connectivity index (χ4v) is 9.29. The fraction of sp³-hybridized carbons (Fsp3) is 0.233. The molecule has 2 aliphatic rings. The van der Waals surface area contributed by atoms with E-state index in [9.17, 15) is 16.8 Å². The van der Waals surface area contributed by atoms with Crippen molar-refractivity contribution >= 4 is 25.7 Å². The molecule has 0 bridgehead atoms. The van der Waals surface area contributed by atoms with Gasteiger partial charge in [0.25, 0.3) is 10.0 Å². The average Bonchev–Trinajstić information content (AvgIpc) is 3.28. The maximum absolute atomic E-state index is 13.9. The largest absolute Gasteiger partial charge is 0.265 e. The van der Waals surface area contributed by atoms with Crippen molar-refractivity contribution in [1.82, 2.24) is 9.29 Å². The van der Waals surface area contributed by atoms with Crippen molar-refractivity contribution in [3.63, 3.8) is 0 Å². The van der Waals surface area contributed by atoms with E-state index in [1.54, 1.807) is 71.2 Å². The molecule has 3 heterocycles. The average molecular weight is 560 g/mol. The molecule has 1 unspecified atom stereocenters. The molecule has 3 aromatic carbocycles. The molecule has 1 fully saturated rings. The van der Waals surface area contributed by atoms with Crippen molar-refractivity contribution in [1.29, 1.82) is 0 Å². The minimum Gasteiger partial charge on any atom is -0.265 e. The number of para-hydroxylation sites is 1. The van der Waals surface area contributed by atoms with E-state index in [4.69, 9.17) is 0 Å². The first-order valence-electron chi connectivity index (χ1n) is 12.9. The van der Waals surface area contributed by atoms with E-state index >= 15 is 0 Å². The summed E-state index contributed by atoms with van der Waals surface area (Å²) in [5.74, 6) is -0.0560. The molecule has 6 rings (SSSR count). The van der Waals surface area contributed by atoms with Crippen molar-refractivity contribution in [3.05, 3.63) is 121 Å². The van der Waals surface area contributed by atoms with Crippen LogP contribution in [0.1, 0.15) is 17.7 Å². The standard InChI is InChI=1S/C30H29N3O4S2/c34-38(35,26-12-3-1-4-13-26)32-21-24(19-25-11-9-10-18-31-25)20-30(22-32)23-33(29-17-8-7-16-28(29)30)39(36,37)27-14-5-2-6-15-27/h1-18,24H,19-23H2/t24?,30-/m1/s1. The molecule has 0 saturated carbocycles. The van der Waals surface area contributed by atoms with Crippen LogP contribution in [0.2, 0.25) is 0 Å². The number of anilines is 1. The quantitative estimate of drug-likeness (QED) is 0.348. The Kier molecular flexibility index (Phi) is 6.53. The van der Waals surface area contributed by atoms with Gasteiger partial charge in [0, 0.05) is 36.9 Å². The summed E-state index contributed by atoms with van der Waals surface area (Å²) in [6.45, 7) is 0.701. The van der Waals surface area contributed by atoms with Gasteiger partial charge in [0.15, 0.2) is 0 Å². The predicted molar refractivity (Wildman–Crippen MR) is 150 cm³/mol. The van der Waals surface area contributed by atoms with Gasteiger partial charge in [-0.2, -0.15) is 4.31 Å². The van der Waals surface area contributed by atoms with Crippen LogP contribution in [0.15, 0.2) is 119 Å². The highest BCUT2D eigenvalue weighted by atomic mass is 32.2. The van der Waals surface area contributed by atoms with Gasteiger partial charge in [-0.3, -0.25) is 9.29 Å².